The number of fused-ring (bicyclic) bond motifs is 1. The molecule has 2 heterocycles. The summed E-state index contributed by atoms with van der Waals surface area (Å²) in [5.41, 5.74) is 1.14. The normalized spacial score (nSPS) is 15.9. The quantitative estimate of drug-likeness (QED) is 0.747. The van der Waals surface area contributed by atoms with Gasteiger partial charge in [-0.3, -0.25) is 4.90 Å². The number of β-amino-alcohol motifs (C(OH)–C–C–N with tert-alkyl or cyclic N) is 1. The van der Waals surface area contributed by atoms with E-state index in [0.717, 1.165) is 23.0 Å². The molecule has 0 saturated carbocycles. The summed E-state index contributed by atoms with van der Waals surface area (Å²) in [5, 5.41) is 11.6. The number of benzene rings is 2. The van der Waals surface area contributed by atoms with E-state index in [1.165, 1.54) is 0 Å². The number of halogens is 1. The lowest BCUT2D eigenvalue weighted by Crippen LogP contribution is -2.60. The lowest BCUT2D eigenvalue weighted by molar-refractivity contribution is -0.106. The second kappa shape index (κ2) is 7.58. The van der Waals surface area contributed by atoms with Crippen molar-refractivity contribution in [3.05, 3.63) is 66.0 Å². The first-order valence-electron chi connectivity index (χ1n) is 8.50. The van der Waals surface area contributed by atoms with Gasteiger partial charge < -0.3 is 9.84 Å². The number of likely N-dealkylation sites (tertiary alicyclic amines) is 1. The minimum Gasteiger partial charge on any atom is -0.476 e. The molecule has 0 unspecified atom stereocenters. The van der Waals surface area contributed by atoms with E-state index < -0.39 is 5.60 Å². The van der Waals surface area contributed by atoms with Crippen molar-refractivity contribution in [2.45, 2.75) is 12.5 Å². The van der Waals surface area contributed by atoms with Gasteiger partial charge in [0.25, 0.3) is 0 Å². The number of hydrogen-bond acceptors (Lipinski definition) is 5. The van der Waals surface area contributed by atoms with E-state index in [1.54, 1.807) is 0 Å². The highest BCUT2D eigenvalue weighted by Gasteiger charge is 2.42. The number of aliphatic hydroxyl groups is 1. The van der Waals surface area contributed by atoms with E-state index in [0.29, 0.717) is 31.4 Å². The van der Waals surface area contributed by atoms with Gasteiger partial charge in [-0.05, 0) is 24.6 Å². The Labute approximate surface area is 159 Å². The fourth-order valence-corrected chi connectivity index (χ4v) is 3.32. The molecule has 26 heavy (non-hydrogen) atoms. The van der Waals surface area contributed by atoms with E-state index in [-0.39, 0.29) is 12.4 Å². The van der Waals surface area contributed by atoms with Gasteiger partial charge in [0, 0.05) is 19.6 Å². The van der Waals surface area contributed by atoms with E-state index in [1.807, 2.05) is 61.5 Å². The van der Waals surface area contributed by atoms with Crippen molar-refractivity contribution < 1.29 is 9.84 Å². The fourth-order valence-electron chi connectivity index (χ4n) is 3.32. The van der Waals surface area contributed by atoms with Crippen LogP contribution in [0, 0.1) is 6.92 Å². The Balaban J connectivity index is 0.00000196. The van der Waals surface area contributed by atoms with E-state index in [4.69, 9.17) is 4.74 Å². The standard InChI is InChI=1S/C20H21N3O2.ClH/c1-15-21-18-10-6-5-9-17(18)19(22-15)25-12-11-23-13-20(24,14-23)16-7-3-2-4-8-16;/h2-10,24H,11-14H2,1H3;1H. The number of nitrogens with zero attached hydrogens (tertiary/aromatic N) is 3. The van der Waals surface area contributed by atoms with Crippen LogP contribution in [0.15, 0.2) is 54.6 Å². The molecule has 2 aromatic carbocycles. The lowest BCUT2D eigenvalue weighted by Gasteiger charge is -2.46. The molecule has 0 spiro atoms. The van der Waals surface area contributed by atoms with Crippen LogP contribution >= 0.6 is 12.4 Å². The highest BCUT2D eigenvalue weighted by molar-refractivity contribution is 5.85. The summed E-state index contributed by atoms with van der Waals surface area (Å²) in [7, 11) is 0. The van der Waals surface area contributed by atoms with Gasteiger partial charge in [0.1, 0.15) is 18.0 Å². The van der Waals surface area contributed by atoms with Crippen LogP contribution in [0.3, 0.4) is 0 Å². The molecule has 0 radical (unpaired) electrons. The molecule has 4 rings (SSSR count). The minimum atomic E-state index is -0.737. The summed E-state index contributed by atoms with van der Waals surface area (Å²) in [6.07, 6.45) is 0. The summed E-state index contributed by atoms with van der Waals surface area (Å²) < 4.78 is 5.91. The minimum absolute atomic E-state index is 0. The zero-order valence-corrected chi connectivity index (χ0v) is 15.4. The summed E-state index contributed by atoms with van der Waals surface area (Å²) >= 11 is 0. The Morgan fingerprint density at radius 1 is 1.04 bits per heavy atom. The zero-order valence-electron chi connectivity index (χ0n) is 14.6. The largest absolute Gasteiger partial charge is 0.476 e. The summed E-state index contributed by atoms with van der Waals surface area (Å²) in [5.74, 6) is 1.33. The fraction of sp³-hybridized carbons (Fsp3) is 0.300. The Bertz CT molecular complexity index is 883. The Morgan fingerprint density at radius 3 is 2.50 bits per heavy atom. The maximum Gasteiger partial charge on any atom is 0.224 e. The van der Waals surface area contributed by atoms with Gasteiger partial charge in [-0.15, -0.1) is 12.4 Å². The highest BCUT2D eigenvalue weighted by Crippen LogP contribution is 2.31. The smallest absolute Gasteiger partial charge is 0.224 e. The van der Waals surface area contributed by atoms with Crippen LogP contribution in [-0.4, -0.2) is 46.2 Å². The zero-order chi connectivity index (χ0) is 17.3. The molecule has 3 aromatic rings. The molecule has 5 nitrogen and oxygen atoms in total. The molecular formula is C20H22ClN3O2. The summed E-state index contributed by atoms with van der Waals surface area (Å²) in [6.45, 7) is 4.42. The number of ether oxygens (including phenoxy) is 1. The van der Waals surface area contributed by atoms with Crippen molar-refractivity contribution in [3.63, 3.8) is 0 Å². The van der Waals surface area contributed by atoms with Crippen molar-refractivity contribution in [2.75, 3.05) is 26.2 Å². The first-order valence-corrected chi connectivity index (χ1v) is 8.50. The van der Waals surface area contributed by atoms with E-state index in [2.05, 4.69) is 14.9 Å². The second-order valence-electron chi connectivity index (χ2n) is 6.55. The predicted molar refractivity (Wildman–Crippen MR) is 104 cm³/mol. The van der Waals surface area contributed by atoms with Crippen LogP contribution in [0.4, 0.5) is 0 Å². The number of rotatable bonds is 5. The lowest BCUT2D eigenvalue weighted by atomic mass is 9.86. The second-order valence-corrected chi connectivity index (χ2v) is 6.55. The molecule has 1 aromatic heterocycles. The molecule has 0 bridgehead atoms. The maximum atomic E-state index is 10.6. The Hall–Kier alpha value is -2.21. The monoisotopic (exact) mass is 371 g/mol. The van der Waals surface area contributed by atoms with Crippen molar-refractivity contribution in [1.82, 2.24) is 14.9 Å². The van der Waals surface area contributed by atoms with Crippen LogP contribution in [0.2, 0.25) is 0 Å². The molecule has 1 saturated heterocycles. The third-order valence-corrected chi connectivity index (χ3v) is 4.61. The molecule has 1 fully saturated rings. The number of aryl methyl sites for hydroxylation is 1. The van der Waals surface area contributed by atoms with Crippen LogP contribution < -0.4 is 4.74 Å². The third-order valence-electron chi connectivity index (χ3n) is 4.61. The molecule has 1 N–H and O–H groups in total. The van der Waals surface area contributed by atoms with E-state index >= 15 is 0 Å². The molecule has 136 valence electrons. The first kappa shape index (κ1) is 18.6. The SMILES string of the molecule is Cc1nc(OCCN2CC(O)(c3ccccc3)C2)c2ccccc2n1.Cl. The van der Waals surface area contributed by atoms with Gasteiger partial charge in [0.15, 0.2) is 0 Å². The Morgan fingerprint density at radius 2 is 1.73 bits per heavy atom. The van der Waals surface area contributed by atoms with Crippen LogP contribution in [0.1, 0.15) is 11.4 Å². The number of hydrogen-bond donors (Lipinski definition) is 1. The van der Waals surface area contributed by atoms with Crippen molar-refractivity contribution in [3.8, 4) is 5.88 Å². The predicted octanol–water partition coefficient (Wildman–Crippen LogP) is 2.94. The summed E-state index contributed by atoms with van der Waals surface area (Å²) in [4.78, 5) is 11.0. The highest BCUT2D eigenvalue weighted by atomic mass is 35.5. The third kappa shape index (κ3) is 3.65. The van der Waals surface area contributed by atoms with Crippen molar-refractivity contribution in [2.24, 2.45) is 0 Å². The molecule has 0 amide bonds. The Kier molecular flexibility index (Phi) is 5.41. The van der Waals surface area contributed by atoms with Gasteiger partial charge in [0.2, 0.25) is 5.88 Å². The average molecular weight is 372 g/mol. The topological polar surface area (TPSA) is 58.5 Å². The van der Waals surface area contributed by atoms with Gasteiger partial charge in [0.05, 0.1) is 10.9 Å². The van der Waals surface area contributed by atoms with Crippen LogP contribution in [-0.2, 0) is 5.60 Å². The molecule has 1 aliphatic rings. The van der Waals surface area contributed by atoms with Gasteiger partial charge in [-0.2, -0.15) is 4.98 Å². The molecule has 6 heteroatoms. The molecular weight excluding hydrogens is 350 g/mol. The van der Waals surface area contributed by atoms with Crippen molar-refractivity contribution in [1.29, 1.82) is 0 Å². The number of para-hydroxylation sites is 1. The summed E-state index contributed by atoms with van der Waals surface area (Å²) in [6, 6.07) is 17.7. The van der Waals surface area contributed by atoms with Crippen molar-refractivity contribution >= 4 is 23.3 Å². The van der Waals surface area contributed by atoms with Gasteiger partial charge in [-0.1, -0.05) is 42.5 Å². The first-order chi connectivity index (χ1) is 12.1. The maximum absolute atomic E-state index is 10.6. The van der Waals surface area contributed by atoms with Crippen LogP contribution in [0.5, 0.6) is 5.88 Å². The molecule has 1 aliphatic heterocycles. The molecule has 0 aliphatic carbocycles. The average Bonchev–Trinajstić information content (AvgIpc) is 2.60. The van der Waals surface area contributed by atoms with Gasteiger partial charge >= 0.3 is 0 Å². The molecule has 0 atom stereocenters. The van der Waals surface area contributed by atoms with Crippen LogP contribution in [0.25, 0.3) is 10.9 Å². The van der Waals surface area contributed by atoms with E-state index in [9.17, 15) is 5.11 Å². The number of aromatic nitrogens is 2. The van der Waals surface area contributed by atoms with Gasteiger partial charge in [-0.25, -0.2) is 4.98 Å².